The largest absolute Gasteiger partial charge is 0.481 e. The molecule has 1 aromatic rings. The summed E-state index contributed by atoms with van der Waals surface area (Å²) in [6.07, 6.45) is 0. The van der Waals surface area contributed by atoms with Crippen molar-refractivity contribution < 1.29 is 28.3 Å². The molecule has 8 nitrogen and oxygen atoms in total. The third kappa shape index (κ3) is 3.34. The quantitative estimate of drug-likeness (QED) is 0.551. The number of carbonyl (C=O) groups excluding carboxylic acids is 1. The van der Waals surface area contributed by atoms with Crippen molar-refractivity contribution in [2.24, 2.45) is 0 Å². The molecule has 1 aliphatic heterocycles. The zero-order chi connectivity index (χ0) is 15.6. The van der Waals surface area contributed by atoms with E-state index in [0.717, 1.165) is 12.1 Å². The van der Waals surface area contributed by atoms with Crippen molar-refractivity contribution in [2.45, 2.75) is 5.92 Å². The summed E-state index contributed by atoms with van der Waals surface area (Å²) in [4.78, 5) is 21.4. The molecule has 0 radical (unpaired) electrons. The third-order valence-corrected chi connectivity index (χ3v) is 2.70. The Balaban J connectivity index is 2.32. The van der Waals surface area contributed by atoms with E-state index in [1.165, 1.54) is 0 Å². The molecular formula is C11H11F2N3O5. The Morgan fingerprint density at radius 2 is 2.24 bits per heavy atom. The van der Waals surface area contributed by atoms with Gasteiger partial charge in [-0.15, -0.1) is 0 Å². The lowest BCUT2D eigenvalue weighted by molar-refractivity contribution is -0.384. The minimum absolute atomic E-state index is 0.0840. The molecular weight excluding hydrogens is 292 g/mol. The van der Waals surface area contributed by atoms with Crippen molar-refractivity contribution in [3.63, 3.8) is 0 Å². The molecule has 0 aliphatic carbocycles. The normalized spacial score (nSPS) is 14.0. The Morgan fingerprint density at radius 1 is 1.52 bits per heavy atom. The number of alkyl halides is 2. The van der Waals surface area contributed by atoms with Crippen LogP contribution in [0.4, 0.5) is 25.8 Å². The molecule has 21 heavy (non-hydrogen) atoms. The molecule has 0 unspecified atom stereocenters. The number of aliphatic hydroxyl groups excluding tert-OH is 1. The second-order valence-electron chi connectivity index (χ2n) is 4.33. The van der Waals surface area contributed by atoms with Crippen LogP contribution in [0.3, 0.4) is 0 Å². The molecule has 0 atom stereocenters. The number of anilines is 2. The molecule has 1 aromatic carbocycles. The van der Waals surface area contributed by atoms with Crippen molar-refractivity contribution in [1.82, 2.24) is 0 Å². The molecule has 2 rings (SSSR count). The summed E-state index contributed by atoms with van der Waals surface area (Å²) in [5.41, 5.74) is -0.539. The third-order valence-electron chi connectivity index (χ3n) is 2.70. The maximum atomic E-state index is 13.0. The van der Waals surface area contributed by atoms with Crippen molar-refractivity contribution in [3.8, 4) is 5.75 Å². The summed E-state index contributed by atoms with van der Waals surface area (Å²) >= 11 is 0. The van der Waals surface area contributed by atoms with Crippen LogP contribution in [-0.2, 0) is 4.79 Å². The van der Waals surface area contributed by atoms with Gasteiger partial charge in [0.2, 0.25) is 0 Å². The summed E-state index contributed by atoms with van der Waals surface area (Å²) < 4.78 is 31.0. The van der Waals surface area contributed by atoms with Gasteiger partial charge in [-0.2, -0.15) is 0 Å². The fourth-order valence-corrected chi connectivity index (χ4v) is 1.69. The number of rotatable bonds is 5. The monoisotopic (exact) mass is 303 g/mol. The highest BCUT2D eigenvalue weighted by atomic mass is 19.3. The number of carbonyl (C=O) groups is 1. The predicted octanol–water partition coefficient (Wildman–Crippen LogP) is 0.965. The molecule has 3 N–H and O–H groups in total. The molecule has 1 aliphatic rings. The van der Waals surface area contributed by atoms with Gasteiger partial charge in [-0.3, -0.25) is 14.9 Å². The fourth-order valence-electron chi connectivity index (χ4n) is 1.69. The van der Waals surface area contributed by atoms with Crippen LogP contribution >= 0.6 is 0 Å². The second kappa shape index (κ2) is 5.48. The number of nitro benzene ring substituents is 1. The van der Waals surface area contributed by atoms with E-state index in [4.69, 9.17) is 9.84 Å². The van der Waals surface area contributed by atoms with Gasteiger partial charge in [0.1, 0.15) is 12.3 Å². The number of fused-ring (bicyclic) bond motifs is 1. The summed E-state index contributed by atoms with van der Waals surface area (Å²) in [5.74, 6) is -3.80. The number of nitrogens with zero attached hydrogens (tertiary/aromatic N) is 1. The van der Waals surface area contributed by atoms with Crippen molar-refractivity contribution in [3.05, 3.63) is 22.2 Å². The molecule has 1 heterocycles. The smallest absolute Gasteiger partial charge is 0.296 e. The number of hydrogen-bond acceptors (Lipinski definition) is 6. The number of hydrogen-bond donors (Lipinski definition) is 3. The first-order chi connectivity index (χ1) is 9.82. The van der Waals surface area contributed by atoms with Gasteiger partial charge in [0.15, 0.2) is 12.4 Å². The number of halogens is 2. The van der Waals surface area contributed by atoms with E-state index in [-0.39, 0.29) is 23.7 Å². The first-order valence-electron chi connectivity index (χ1n) is 5.80. The van der Waals surface area contributed by atoms with Gasteiger partial charge in [0.05, 0.1) is 23.2 Å². The number of ether oxygens (including phenoxy) is 1. The summed E-state index contributed by atoms with van der Waals surface area (Å²) in [5, 5.41) is 24.0. The van der Waals surface area contributed by atoms with Crippen LogP contribution in [-0.4, -0.2) is 41.6 Å². The SMILES string of the molecule is O=C1COc2cc([N+](=O)[O-])c(NCC(F)(F)CO)cc2N1. The zero-order valence-electron chi connectivity index (χ0n) is 10.6. The highest BCUT2D eigenvalue weighted by Gasteiger charge is 2.30. The first kappa shape index (κ1) is 14.9. The van der Waals surface area contributed by atoms with Gasteiger partial charge in [0.25, 0.3) is 17.5 Å². The molecule has 0 bridgehead atoms. The summed E-state index contributed by atoms with van der Waals surface area (Å²) in [7, 11) is 0. The van der Waals surface area contributed by atoms with E-state index >= 15 is 0 Å². The minimum Gasteiger partial charge on any atom is -0.481 e. The molecule has 0 aromatic heterocycles. The lowest BCUT2D eigenvalue weighted by Crippen LogP contribution is -2.31. The van der Waals surface area contributed by atoms with Gasteiger partial charge in [0, 0.05) is 0 Å². The van der Waals surface area contributed by atoms with Crippen LogP contribution in [0.25, 0.3) is 0 Å². The van der Waals surface area contributed by atoms with Gasteiger partial charge >= 0.3 is 0 Å². The van der Waals surface area contributed by atoms with E-state index in [2.05, 4.69) is 10.6 Å². The van der Waals surface area contributed by atoms with E-state index in [0.29, 0.717) is 0 Å². The standard InChI is InChI=1S/C11H11F2N3O5/c12-11(13,5-17)4-14-6-1-7-9(2-8(6)16(19)20)21-3-10(18)15-7/h1-2,14,17H,3-5H2,(H,15,18). The summed E-state index contributed by atoms with van der Waals surface area (Å²) in [6, 6.07) is 2.17. The molecule has 0 fully saturated rings. The average Bonchev–Trinajstić information content (AvgIpc) is 2.44. The van der Waals surface area contributed by atoms with Crippen LogP contribution in [0.5, 0.6) is 5.75 Å². The van der Waals surface area contributed by atoms with Crippen LogP contribution < -0.4 is 15.4 Å². The van der Waals surface area contributed by atoms with Crippen LogP contribution in [0.2, 0.25) is 0 Å². The lowest BCUT2D eigenvalue weighted by atomic mass is 10.2. The molecule has 0 saturated carbocycles. The molecule has 0 spiro atoms. The van der Waals surface area contributed by atoms with Crippen LogP contribution in [0, 0.1) is 10.1 Å². The number of aliphatic hydroxyl groups is 1. The lowest BCUT2D eigenvalue weighted by Gasteiger charge is -2.20. The van der Waals surface area contributed by atoms with Crippen molar-refractivity contribution >= 4 is 23.0 Å². The maximum absolute atomic E-state index is 13.0. The van der Waals surface area contributed by atoms with Gasteiger partial charge in [-0.05, 0) is 6.07 Å². The number of amides is 1. The summed E-state index contributed by atoms with van der Waals surface area (Å²) in [6.45, 7) is -2.66. The number of benzene rings is 1. The predicted molar refractivity (Wildman–Crippen MR) is 67.7 cm³/mol. The Bertz CT molecular complexity index is 593. The molecule has 0 saturated heterocycles. The van der Waals surface area contributed by atoms with Crippen LogP contribution in [0.1, 0.15) is 0 Å². The molecule has 1 amide bonds. The second-order valence-corrected chi connectivity index (χ2v) is 4.33. The minimum atomic E-state index is -3.43. The van der Waals surface area contributed by atoms with E-state index < -0.39 is 35.6 Å². The Kier molecular flexibility index (Phi) is 3.89. The van der Waals surface area contributed by atoms with E-state index in [9.17, 15) is 23.7 Å². The van der Waals surface area contributed by atoms with E-state index in [1.807, 2.05) is 0 Å². The number of nitrogens with one attached hydrogen (secondary N) is 2. The van der Waals surface area contributed by atoms with Crippen molar-refractivity contribution in [2.75, 3.05) is 30.4 Å². The Labute approximate surface area is 116 Å². The number of nitro groups is 1. The average molecular weight is 303 g/mol. The van der Waals surface area contributed by atoms with Crippen LogP contribution in [0.15, 0.2) is 12.1 Å². The Morgan fingerprint density at radius 3 is 2.86 bits per heavy atom. The first-order valence-corrected chi connectivity index (χ1v) is 5.80. The molecule has 114 valence electrons. The maximum Gasteiger partial charge on any atom is 0.296 e. The highest BCUT2D eigenvalue weighted by molar-refractivity contribution is 5.96. The zero-order valence-corrected chi connectivity index (χ0v) is 10.6. The Hall–Kier alpha value is -2.49. The van der Waals surface area contributed by atoms with Crippen molar-refractivity contribution in [1.29, 1.82) is 0 Å². The van der Waals surface area contributed by atoms with Gasteiger partial charge in [-0.25, -0.2) is 8.78 Å². The highest BCUT2D eigenvalue weighted by Crippen LogP contribution is 2.38. The topological polar surface area (TPSA) is 114 Å². The fraction of sp³-hybridized carbons (Fsp3) is 0.364. The van der Waals surface area contributed by atoms with Gasteiger partial charge < -0.3 is 20.5 Å². The molecule has 10 heteroatoms. The van der Waals surface area contributed by atoms with E-state index in [1.54, 1.807) is 0 Å². The van der Waals surface area contributed by atoms with Gasteiger partial charge in [-0.1, -0.05) is 0 Å².